The van der Waals surface area contributed by atoms with Crippen LogP contribution in [0.3, 0.4) is 0 Å². The van der Waals surface area contributed by atoms with Gasteiger partial charge >= 0.3 is 0 Å². The van der Waals surface area contributed by atoms with Crippen molar-refractivity contribution in [2.45, 2.75) is 44.7 Å². The molecule has 2 aliphatic heterocycles. The van der Waals surface area contributed by atoms with Crippen LogP contribution in [0.15, 0.2) is 0 Å². The molecule has 0 aromatic heterocycles. The van der Waals surface area contributed by atoms with Crippen LogP contribution in [0.5, 0.6) is 0 Å². The van der Waals surface area contributed by atoms with E-state index in [0.717, 1.165) is 39.0 Å². The molecule has 18 heavy (non-hydrogen) atoms. The summed E-state index contributed by atoms with van der Waals surface area (Å²) in [4.78, 5) is 2.42. The Bertz CT molecular complexity index is 358. The average molecular weight is 275 g/mol. The first-order valence-corrected chi connectivity index (χ1v) is 8.72. The van der Waals surface area contributed by atoms with Crippen molar-refractivity contribution in [2.75, 3.05) is 31.9 Å². The maximum Gasteiger partial charge on any atom is 0.211 e. The summed E-state index contributed by atoms with van der Waals surface area (Å²) in [6.07, 6.45) is 4.01. The van der Waals surface area contributed by atoms with E-state index < -0.39 is 10.0 Å². The normalized spacial score (nSPS) is 28.7. The molecule has 5 nitrogen and oxygen atoms in total. The fourth-order valence-corrected chi connectivity index (χ4v) is 4.45. The Hall–Kier alpha value is -0.170. The van der Waals surface area contributed by atoms with E-state index in [0.29, 0.717) is 12.5 Å². The molecule has 0 aromatic rings. The molecular formula is C12H25N3O2S. The number of nitrogens with zero attached hydrogens (tertiary/aromatic N) is 1. The van der Waals surface area contributed by atoms with E-state index in [1.807, 2.05) is 6.92 Å². The number of hydrogen-bond donors (Lipinski definition) is 2. The van der Waals surface area contributed by atoms with Gasteiger partial charge in [-0.2, -0.15) is 0 Å². The first-order chi connectivity index (χ1) is 8.62. The molecule has 0 amide bonds. The van der Waals surface area contributed by atoms with Gasteiger partial charge in [0.15, 0.2) is 0 Å². The van der Waals surface area contributed by atoms with Crippen molar-refractivity contribution in [3.05, 3.63) is 0 Å². The Morgan fingerprint density at radius 3 is 2.89 bits per heavy atom. The van der Waals surface area contributed by atoms with E-state index in [2.05, 4.69) is 14.9 Å². The Morgan fingerprint density at radius 2 is 2.11 bits per heavy atom. The minimum absolute atomic E-state index is 0.150. The van der Waals surface area contributed by atoms with E-state index in [-0.39, 0.29) is 11.8 Å². The molecule has 0 bridgehead atoms. The third-order valence-electron chi connectivity index (χ3n) is 3.95. The van der Waals surface area contributed by atoms with Crippen LogP contribution in [0.2, 0.25) is 0 Å². The zero-order valence-corrected chi connectivity index (χ0v) is 12.0. The number of fused-ring (bicyclic) bond motifs is 1. The zero-order valence-electron chi connectivity index (χ0n) is 11.2. The summed E-state index contributed by atoms with van der Waals surface area (Å²) >= 11 is 0. The Kier molecular flexibility index (Phi) is 5.00. The van der Waals surface area contributed by atoms with Gasteiger partial charge in [0.25, 0.3) is 0 Å². The van der Waals surface area contributed by atoms with Crippen molar-refractivity contribution < 1.29 is 8.42 Å². The summed E-state index contributed by atoms with van der Waals surface area (Å²) in [5.41, 5.74) is 0. The van der Waals surface area contributed by atoms with Crippen LogP contribution >= 0.6 is 0 Å². The van der Waals surface area contributed by atoms with Gasteiger partial charge in [0.05, 0.1) is 5.75 Å². The quantitative estimate of drug-likeness (QED) is 0.649. The van der Waals surface area contributed by atoms with Gasteiger partial charge in [-0.1, -0.05) is 6.92 Å². The first-order valence-electron chi connectivity index (χ1n) is 7.07. The van der Waals surface area contributed by atoms with Crippen molar-refractivity contribution in [3.8, 4) is 0 Å². The molecule has 2 fully saturated rings. The highest BCUT2D eigenvalue weighted by Crippen LogP contribution is 2.28. The molecule has 2 aliphatic rings. The van der Waals surface area contributed by atoms with E-state index >= 15 is 0 Å². The molecule has 0 aliphatic carbocycles. The highest BCUT2D eigenvalue weighted by atomic mass is 32.2. The Labute approximate surface area is 110 Å². The van der Waals surface area contributed by atoms with Gasteiger partial charge in [0.1, 0.15) is 0 Å². The summed E-state index contributed by atoms with van der Waals surface area (Å²) in [6.45, 7) is 5.89. The molecule has 0 saturated carbocycles. The molecule has 2 unspecified atom stereocenters. The Morgan fingerprint density at radius 1 is 1.28 bits per heavy atom. The largest absolute Gasteiger partial charge is 0.317 e. The lowest BCUT2D eigenvalue weighted by molar-refractivity contribution is 0.309. The van der Waals surface area contributed by atoms with Gasteiger partial charge in [-0.15, -0.1) is 0 Å². The van der Waals surface area contributed by atoms with E-state index in [1.54, 1.807) is 0 Å². The standard InChI is InChI=1S/C12H25N3O2S/c1-2-13-7-4-10-18(16,17)14-11-6-9-15-8-3-5-12(11)15/h11-14H,2-10H2,1H3. The summed E-state index contributed by atoms with van der Waals surface area (Å²) in [7, 11) is -3.10. The third-order valence-corrected chi connectivity index (χ3v) is 5.44. The predicted octanol–water partition coefficient (Wildman–Crippen LogP) is 0.142. The first kappa shape index (κ1) is 14.2. The molecule has 2 rings (SSSR count). The fourth-order valence-electron chi connectivity index (χ4n) is 3.07. The van der Waals surface area contributed by atoms with Gasteiger partial charge in [0, 0.05) is 18.6 Å². The molecule has 0 radical (unpaired) electrons. The molecular weight excluding hydrogens is 250 g/mol. The summed E-state index contributed by atoms with van der Waals surface area (Å²) in [6, 6.07) is 0.602. The monoisotopic (exact) mass is 275 g/mol. The molecule has 2 N–H and O–H groups in total. The third kappa shape index (κ3) is 3.66. The van der Waals surface area contributed by atoms with E-state index in [9.17, 15) is 8.42 Å². The zero-order chi connectivity index (χ0) is 13.0. The average Bonchev–Trinajstić information content (AvgIpc) is 2.89. The number of hydrogen-bond acceptors (Lipinski definition) is 4. The second-order valence-corrected chi connectivity index (χ2v) is 7.16. The van der Waals surface area contributed by atoms with Crippen LogP contribution in [-0.2, 0) is 10.0 Å². The van der Waals surface area contributed by atoms with Crippen LogP contribution in [0, 0.1) is 0 Å². The van der Waals surface area contributed by atoms with E-state index in [4.69, 9.17) is 0 Å². The van der Waals surface area contributed by atoms with Crippen LogP contribution < -0.4 is 10.0 Å². The van der Waals surface area contributed by atoms with Crippen LogP contribution in [0.1, 0.15) is 32.6 Å². The van der Waals surface area contributed by atoms with Crippen molar-refractivity contribution in [3.63, 3.8) is 0 Å². The van der Waals surface area contributed by atoms with Crippen molar-refractivity contribution >= 4 is 10.0 Å². The van der Waals surface area contributed by atoms with Crippen LogP contribution in [0.4, 0.5) is 0 Å². The number of sulfonamides is 1. The number of rotatable bonds is 7. The van der Waals surface area contributed by atoms with Gasteiger partial charge in [-0.05, 0) is 45.3 Å². The highest BCUT2D eigenvalue weighted by molar-refractivity contribution is 7.89. The lowest BCUT2D eigenvalue weighted by Gasteiger charge is -2.21. The second-order valence-electron chi connectivity index (χ2n) is 5.28. The van der Waals surface area contributed by atoms with Crippen LogP contribution in [-0.4, -0.2) is 57.3 Å². The summed E-state index contributed by atoms with van der Waals surface area (Å²) in [5.74, 6) is 0.239. The SMILES string of the molecule is CCNCCCS(=O)(=O)NC1CCN2CCCC12. The second kappa shape index (κ2) is 6.32. The maximum atomic E-state index is 12.0. The Balaban J connectivity index is 1.77. The van der Waals surface area contributed by atoms with Gasteiger partial charge in [-0.3, -0.25) is 4.90 Å². The highest BCUT2D eigenvalue weighted by Gasteiger charge is 2.38. The maximum absolute atomic E-state index is 12.0. The predicted molar refractivity (Wildman–Crippen MR) is 73.1 cm³/mol. The molecule has 0 spiro atoms. The van der Waals surface area contributed by atoms with Crippen LogP contribution in [0.25, 0.3) is 0 Å². The van der Waals surface area contributed by atoms with Gasteiger partial charge < -0.3 is 5.32 Å². The molecule has 0 aromatic carbocycles. The van der Waals surface area contributed by atoms with Crippen molar-refractivity contribution in [1.82, 2.24) is 14.9 Å². The molecule has 2 saturated heterocycles. The van der Waals surface area contributed by atoms with Gasteiger partial charge in [0.2, 0.25) is 10.0 Å². The van der Waals surface area contributed by atoms with Crippen molar-refractivity contribution in [2.24, 2.45) is 0 Å². The van der Waals surface area contributed by atoms with Gasteiger partial charge in [-0.25, -0.2) is 13.1 Å². The molecule has 2 heterocycles. The lowest BCUT2D eigenvalue weighted by atomic mass is 10.1. The van der Waals surface area contributed by atoms with E-state index in [1.165, 1.54) is 6.42 Å². The number of nitrogens with one attached hydrogen (secondary N) is 2. The summed E-state index contributed by atoms with van der Waals surface area (Å²) < 4.78 is 26.9. The minimum atomic E-state index is -3.10. The topological polar surface area (TPSA) is 61.4 Å². The fraction of sp³-hybridized carbons (Fsp3) is 1.00. The minimum Gasteiger partial charge on any atom is -0.317 e. The molecule has 6 heteroatoms. The smallest absolute Gasteiger partial charge is 0.211 e. The lowest BCUT2D eigenvalue weighted by Crippen LogP contribution is -2.43. The molecule has 2 atom stereocenters. The van der Waals surface area contributed by atoms with Crippen molar-refractivity contribution in [1.29, 1.82) is 0 Å². The summed E-state index contributed by atoms with van der Waals surface area (Å²) in [5, 5.41) is 3.15. The molecule has 106 valence electrons.